The maximum atomic E-state index is 5.76. The van der Waals surface area contributed by atoms with Crippen molar-refractivity contribution in [2.24, 2.45) is 0 Å². The van der Waals surface area contributed by atoms with Crippen LogP contribution in [0.2, 0.25) is 0 Å². The van der Waals surface area contributed by atoms with E-state index in [0.717, 1.165) is 5.30 Å². The Labute approximate surface area is 179 Å². The van der Waals surface area contributed by atoms with Crippen molar-refractivity contribution in [3.8, 4) is 0 Å². The van der Waals surface area contributed by atoms with Gasteiger partial charge in [0.25, 0.3) is 0 Å². The van der Waals surface area contributed by atoms with Crippen molar-refractivity contribution in [3.05, 3.63) is 60.7 Å². The van der Waals surface area contributed by atoms with Gasteiger partial charge in [-0.2, -0.15) is 30.3 Å². The second-order valence-electron chi connectivity index (χ2n) is 7.17. The summed E-state index contributed by atoms with van der Waals surface area (Å²) >= 11 is 5.76. The molecule has 0 spiro atoms. The standard InChI is InChI=1S/C13H12PS.C6H12N3P.Au/c1-14(15,12-8-4-2-5-9-12)13-10-6-3-7-11-13;1-7-2-9-3-8(1)5-10(4-7)6-9;/h2-10H,1H3;1-6H2;/q-1;;+1/p+1. The Hall–Kier alpha value is 0.140. The molecule has 4 fully saturated rings. The molecular formula is C19H25AuN3P2S+. The molecule has 0 aliphatic carbocycles. The fourth-order valence-electron chi connectivity index (χ4n) is 3.88. The van der Waals surface area contributed by atoms with Gasteiger partial charge >= 0.3 is 22.4 Å². The predicted molar refractivity (Wildman–Crippen MR) is 114 cm³/mol. The molecule has 6 rings (SSSR count). The molecule has 0 amide bonds. The SMILES string of the molecule is C1N2CN3CN1C[PH+](C2)C3.CP(=S)(c1[c-]cccc1)c1ccccc1.[Au+]. The summed E-state index contributed by atoms with van der Waals surface area (Å²) in [6.45, 7) is 5.92. The topological polar surface area (TPSA) is 9.72 Å². The van der Waals surface area contributed by atoms with Crippen LogP contribution in [0.3, 0.4) is 0 Å². The van der Waals surface area contributed by atoms with Gasteiger partial charge < -0.3 is 0 Å². The molecule has 4 bridgehead atoms. The largest absolute Gasteiger partial charge is 1.00 e. The van der Waals surface area contributed by atoms with Gasteiger partial charge in [0.2, 0.25) is 0 Å². The molecule has 0 saturated carbocycles. The maximum Gasteiger partial charge on any atom is 1.00 e. The Bertz CT molecular complexity index is 660. The third-order valence-electron chi connectivity index (χ3n) is 4.94. The second kappa shape index (κ2) is 9.09. The van der Waals surface area contributed by atoms with E-state index in [0.29, 0.717) is 0 Å². The number of hydrogen-bond acceptors (Lipinski definition) is 4. The zero-order valence-electron chi connectivity index (χ0n) is 14.9. The summed E-state index contributed by atoms with van der Waals surface area (Å²) in [5.74, 6) is 0. The Morgan fingerprint density at radius 2 is 1.42 bits per heavy atom. The molecule has 2 aromatic carbocycles. The van der Waals surface area contributed by atoms with Crippen molar-refractivity contribution < 1.29 is 22.4 Å². The van der Waals surface area contributed by atoms with E-state index in [9.17, 15) is 0 Å². The smallest absolute Gasteiger partial charge is 0.245 e. The zero-order valence-corrected chi connectivity index (χ0v) is 19.8. The molecule has 4 aliphatic rings. The van der Waals surface area contributed by atoms with Gasteiger partial charge in [-0.1, -0.05) is 42.1 Å². The van der Waals surface area contributed by atoms with E-state index < -0.39 is 6.04 Å². The molecule has 7 heteroatoms. The Morgan fingerprint density at radius 3 is 1.88 bits per heavy atom. The predicted octanol–water partition coefficient (Wildman–Crippen LogP) is 2.44. The van der Waals surface area contributed by atoms with E-state index in [1.807, 2.05) is 36.4 Å². The van der Waals surface area contributed by atoms with E-state index in [4.69, 9.17) is 11.8 Å². The van der Waals surface area contributed by atoms with Gasteiger partial charge in [0.1, 0.15) is 18.9 Å². The van der Waals surface area contributed by atoms with Crippen LogP contribution >= 0.6 is 14.0 Å². The van der Waals surface area contributed by atoms with E-state index in [1.54, 1.807) is 0 Å². The van der Waals surface area contributed by atoms with Crippen LogP contribution < -0.4 is 10.6 Å². The van der Waals surface area contributed by atoms with Gasteiger partial charge in [-0.25, -0.2) is 14.7 Å². The number of benzene rings is 2. The van der Waals surface area contributed by atoms with Crippen LogP contribution in [0.25, 0.3) is 0 Å². The summed E-state index contributed by atoms with van der Waals surface area (Å²) in [5, 5.41) is 2.41. The van der Waals surface area contributed by atoms with Crippen LogP contribution in [0.15, 0.2) is 54.6 Å². The van der Waals surface area contributed by atoms with Crippen LogP contribution in [0.1, 0.15) is 0 Å². The van der Waals surface area contributed by atoms with Crippen LogP contribution in [0.4, 0.5) is 0 Å². The Kier molecular flexibility index (Phi) is 7.30. The van der Waals surface area contributed by atoms with Crippen LogP contribution in [-0.4, -0.2) is 60.2 Å². The van der Waals surface area contributed by atoms with Crippen molar-refractivity contribution in [2.45, 2.75) is 0 Å². The Balaban J connectivity index is 0.000000154. The van der Waals surface area contributed by atoms with Gasteiger partial charge in [-0.3, -0.25) is 0 Å². The number of rotatable bonds is 2. The van der Waals surface area contributed by atoms with Gasteiger partial charge in [-0.05, 0) is 18.0 Å². The normalized spacial score (nSPS) is 30.5. The Morgan fingerprint density at radius 1 is 0.885 bits per heavy atom. The molecule has 4 saturated heterocycles. The van der Waals surface area contributed by atoms with Crippen LogP contribution in [0, 0.1) is 6.07 Å². The van der Waals surface area contributed by atoms with Gasteiger partial charge in [-0.15, -0.1) is 5.30 Å². The molecule has 1 atom stereocenters. The average Bonchev–Trinajstić information content (AvgIpc) is 2.63. The van der Waals surface area contributed by atoms with Gasteiger partial charge in [0.05, 0.1) is 20.0 Å². The van der Waals surface area contributed by atoms with Crippen molar-refractivity contribution in [1.82, 2.24) is 14.7 Å². The summed E-state index contributed by atoms with van der Waals surface area (Å²) in [6.07, 6.45) is 4.37. The molecule has 3 nitrogen and oxygen atoms in total. The number of nitrogens with zero attached hydrogens (tertiary/aromatic N) is 3. The molecule has 26 heavy (non-hydrogen) atoms. The minimum absolute atomic E-state index is 0. The summed E-state index contributed by atoms with van der Waals surface area (Å²) in [4.78, 5) is 7.76. The first-order chi connectivity index (χ1) is 12.1. The summed E-state index contributed by atoms with van der Waals surface area (Å²) < 4.78 is 0. The average molecular weight is 586 g/mol. The van der Waals surface area contributed by atoms with Crippen LogP contribution in [-0.2, 0) is 34.2 Å². The van der Waals surface area contributed by atoms with E-state index in [1.165, 1.54) is 44.2 Å². The first-order valence-electron chi connectivity index (χ1n) is 8.72. The van der Waals surface area contributed by atoms with Crippen molar-refractivity contribution in [3.63, 3.8) is 0 Å². The molecule has 0 radical (unpaired) electrons. The van der Waals surface area contributed by atoms with E-state index in [-0.39, 0.29) is 30.3 Å². The monoisotopic (exact) mass is 586 g/mol. The maximum absolute atomic E-state index is 5.76. The fraction of sp³-hybridized carbons (Fsp3) is 0.368. The van der Waals surface area contributed by atoms with Gasteiger partial charge in [0.15, 0.2) is 0 Å². The molecule has 2 aromatic rings. The van der Waals surface area contributed by atoms with Crippen molar-refractivity contribution >= 4 is 36.4 Å². The third kappa shape index (κ3) is 4.75. The first kappa shape index (κ1) is 20.9. The quantitative estimate of drug-likeness (QED) is 0.304. The molecular weight excluding hydrogens is 561 g/mol. The minimum atomic E-state index is -1.62. The zero-order chi connectivity index (χ0) is 17.3. The molecule has 4 heterocycles. The van der Waals surface area contributed by atoms with Crippen molar-refractivity contribution in [2.75, 3.05) is 45.5 Å². The van der Waals surface area contributed by atoms with Crippen LogP contribution in [0.5, 0.6) is 0 Å². The van der Waals surface area contributed by atoms with Gasteiger partial charge in [0, 0.05) is 7.92 Å². The minimum Gasteiger partial charge on any atom is -0.245 e. The second-order valence-corrected chi connectivity index (χ2v) is 14.7. The molecule has 0 aromatic heterocycles. The molecule has 142 valence electrons. The first-order valence-corrected chi connectivity index (χ1v) is 14.1. The summed E-state index contributed by atoms with van der Waals surface area (Å²) in [6, 6.07) is 20.0. The number of hydrogen-bond donors (Lipinski definition) is 0. The molecule has 4 aliphatic heterocycles. The van der Waals surface area contributed by atoms with E-state index in [2.05, 4.69) is 45.6 Å². The van der Waals surface area contributed by atoms with E-state index >= 15 is 0 Å². The molecule has 1 unspecified atom stereocenters. The third-order valence-corrected chi connectivity index (χ3v) is 11.3. The van der Waals surface area contributed by atoms with Crippen molar-refractivity contribution in [1.29, 1.82) is 0 Å². The summed E-state index contributed by atoms with van der Waals surface area (Å²) in [7, 11) is 0.0297. The molecule has 0 N–H and O–H groups in total. The fourth-order valence-corrected chi connectivity index (χ4v) is 9.10. The summed E-state index contributed by atoms with van der Waals surface area (Å²) in [5.41, 5.74) is 0.